The monoisotopic (exact) mass is 222 g/mol. The van der Waals surface area contributed by atoms with Gasteiger partial charge in [0.05, 0.1) is 5.69 Å². The van der Waals surface area contributed by atoms with Crippen molar-refractivity contribution in [1.82, 2.24) is 20.3 Å². The topological polar surface area (TPSA) is 42.7 Å². The standard InChI is InChI=1S/C12H22N4/c1-12(2)7-5-4-6-11(12)13-8-10-9-16(3)15-14-10/h9,11,13H,4-8H2,1-3H3. The molecular formula is C12H22N4. The molecule has 1 fully saturated rings. The Morgan fingerprint density at radius 1 is 1.50 bits per heavy atom. The van der Waals surface area contributed by atoms with Gasteiger partial charge in [0, 0.05) is 25.8 Å². The van der Waals surface area contributed by atoms with Crippen molar-refractivity contribution in [2.24, 2.45) is 12.5 Å². The van der Waals surface area contributed by atoms with Gasteiger partial charge in [-0.1, -0.05) is 31.9 Å². The maximum atomic E-state index is 4.10. The molecule has 1 aliphatic carbocycles. The molecule has 0 radical (unpaired) electrons. The summed E-state index contributed by atoms with van der Waals surface area (Å²) in [6, 6.07) is 0.614. The maximum absolute atomic E-state index is 4.10. The Kier molecular flexibility index (Phi) is 3.28. The van der Waals surface area contributed by atoms with Gasteiger partial charge in [0.2, 0.25) is 0 Å². The second-order valence-corrected chi connectivity index (χ2v) is 5.55. The van der Waals surface area contributed by atoms with E-state index in [1.165, 1.54) is 25.7 Å². The molecule has 0 bridgehead atoms. The van der Waals surface area contributed by atoms with E-state index in [9.17, 15) is 0 Å². The molecule has 1 atom stereocenters. The van der Waals surface area contributed by atoms with Crippen LogP contribution >= 0.6 is 0 Å². The molecular weight excluding hydrogens is 200 g/mol. The van der Waals surface area contributed by atoms with Gasteiger partial charge in [0.15, 0.2) is 0 Å². The van der Waals surface area contributed by atoms with Gasteiger partial charge < -0.3 is 5.32 Å². The fraction of sp³-hybridized carbons (Fsp3) is 0.833. The first kappa shape index (κ1) is 11.6. The van der Waals surface area contributed by atoms with Crippen molar-refractivity contribution >= 4 is 0 Å². The summed E-state index contributed by atoms with van der Waals surface area (Å²) < 4.78 is 1.75. The zero-order valence-electron chi connectivity index (χ0n) is 10.5. The van der Waals surface area contributed by atoms with Crippen LogP contribution in [0.25, 0.3) is 0 Å². The molecule has 0 saturated heterocycles. The second kappa shape index (κ2) is 4.53. The number of nitrogens with one attached hydrogen (secondary N) is 1. The average molecular weight is 222 g/mol. The molecule has 1 unspecified atom stereocenters. The summed E-state index contributed by atoms with van der Waals surface area (Å²) >= 11 is 0. The Morgan fingerprint density at radius 2 is 2.31 bits per heavy atom. The van der Waals surface area contributed by atoms with E-state index in [4.69, 9.17) is 0 Å². The lowest BCUT2D eigenvalue weighted by atomic mass is 9.73. The second-order valence-electron chi connectivity index (χ2n) is 5.55. The molecule has 90 valence electrons. The summed E-state index contributed by atoms with van der Waals surface area (Å²) in [5, 5.41) is 11.7. The lowest BCUT2D eigenvalue weighted by Crippen LogP contribution is -2.43. The number of aryl methyl sites for hydroxylation is 1. The van der Waals surface area contributed by atoms with Crippen molar-refractivity contribution in [3.05, 3.63) is 11.9 Å². The van der Waals surface area contributed by atoms with Gasteiger partial charge in [0.25, 0.3) is 0 Å². The molecule has 1 heterocycles. The van der Waals surface area contributed by atoms with Gasteiger partial charge in [-0.2, -0.15) is 0 Å². The highest BCUT2D eigenvalue weighted by molar-refractivity contribution is 4.94. The summed E-state index contributed by atoms with van der Waals surface area (Å²) in [6.45, 7) is 5.56. The van der Waals surface area contributed by atoms with E-state index in [2.05, 4.69) is 29.5 Å². The first-order chi connectivity index (χ1) is 7.58. The minimum absolute atomic E-state index is 0.417. The third kappa shape index (κ3) is 2.61. The van der Waals surface area contributed by atoms with Crippen molar-refractivity contribution < 1.29 is 0 Å². The molecule has 0 aromatic carbocycles. The third-order valence-electron chi connectivity index (χ3n) is 3.69. The highest BCUT2D eigenvalue weighted by atomic mass is 15.4. The quantitative estimate of drug-likeness (QED) is 0.849. The first-order valence-corrected chi connectivity index (χ1v) is 6.16. The summed E-state index contributed by atoms with van der Waals surface area (Å²) in [6.07, 6.45) is 7.30. The summed E-state index contributed by atoms with van der Waals surface area (Å²) in [4.78, 5) is 0. The molecule has 1 aromatic rings. The smallest absolute Gasteiger partial charge is 0.0964 e. The highest BCUT2D eigenvalue weighted by Gasteiger charge is 2.31. The van der Waals surface area contributed by atoms with E-state index in [1.807, 2.05) is 13.2 Å². The van der Waals surface area contributed by atoms with Crippen LogP contribution in [0.2, 0.25) is 0 Å². The minimum Gasteiger partial charge on any atom is -0.308 e. The van der Waals surface area contributed by atoms with Crippen molar-refractivity contribution in [1.29, 1.82) is 0 Å². The van der Waals surface area contributed by atoms with E-state index in [-0.39, 0.29) is 0 Å². The van der Waals surface area contributed by atoms with Gasteiger partial charge in [-0.3, -0.25) is 4.68 Å². The molecule has 4 heteroatoms. The largest absolute Gasteiger partial charge is 0.308 e. The summed E-state index contributed by atoms with van der Waals surface area (Å²) in [5.41, 5.74) is 1.45. The van der Waals surface area contributed by atoms with Gasteiger partial charge in [-0.25, -0.2) is 0 Å². The van der Waals surface area contributed by atoms with Gasteiger partial charge >= 0.3 is 0 Å². The molecule has 0 amide bonds. The van der Waals surface area contributed by atoms with Gasteiger partial charge in [0.1, 0.15) is 0 Å². The Morgan fingerprint density at radius 3 is 2.94 bits per heavy atom. The number of rotatable bonds is 3. The normalized spacial score (nSPS) is 24.6. The van der Waals surface area contributed by atoms with E-state index in [1.54, 1.807) is 4.68 Å². The van der Waals surface area contributed by atoms with Crippen LogP contribution in [0, 0.1) is 5.41 Å². The fourth-order valence-electron chi connectivity index (χ4n) is 2.58. The molecule has 1 aromatic heterocycles. The molecule has 16 heavy (non-hydrogen) atoms. The Bertz CT molecular complexity index is 343. The van der Waals surface area contributed by atoms with Gasteiger partial charge in [-0.05, 0) is 18.3 Å². The lowest BCUT2D eigenvalue weighted by Gasteiger charge is -2.39. The Hall–Kier alpha value is -0.900. The van der Waals surface area contributed by atoms with E-state index < -0.39 is 0 Å². The van der Waals surface area contributed by atoms with Crippen LogP contribution < -0.4 is 5.32 Å². The van der Waals surface area contributed by atoms with Crippen molar-refractivity contribution in [3.8, 4) is 0 Å². The zero-order chi connectivity index (χ0) is 11.6. The highest BCUT2D eigenvalue weighted by Crippen LogP contribution is 2.35. The van der Waals surface area contributed by atoms with Crippen LogP contribution in [0.1, 0.15) is 45.2 Å². The van der Waals surface area contributed by atoms with Crippen molar-refractivity contribution in [2.45, 2.75) is 52.1 Å². The predicted octanol–water partition coefficient (Wildman–Crippen LogP) is 1.87. The Labute approximate surface area is 97.4 Å². The van der Waals surface area contributed by atoms with Crippen LogP contribution in [0.15, 0.2) is 6.20 Å². The van der Waals surface area contributed by atoms with Crippen LogP contribution in [-0.4, -0.2) is 21.0 Å². The first-order valence-electron chi connectivity index (χ1n) is 6.16. The summed E-state index contributed by atoms with van der Waals surface area (Å²) in [5.74, 6) is 0. The molecule has 1 aliphatic rings. The number of hydrogen-bond acceptors (Lipinski definition) is 3. The summed E-state index contributed by atoms with van der Waals surface area (Å²) in [7, 11) is 1.90. The number of aromatic nitrogens is 3. The van der Waals surface area contributed by atoms with Crippen LogP contribution in [0.4, 0.5) is 0 Å². The third-order valence-corrected chi connectivity index (χ3v) is 3.69. The molecule has 0 spiro atoms. The molecule has 0 aliphatic heterocycles. The molecule has 1 N–H and O–H groups in total. The molecule has 1 saturated carbocycles. The Balaban J connectivity index is 1.89. The van der Waals surface area contributed by atoms with Gasteiger partial charge in [-0.15, -0.1) is 5.10 Å². The van der Waals surface area contributed by atoms with E-state index in [0.29, 0.717) is 11.5 Å². The van der Waals surface area contributed by atoms with Crippen LogP contribution in [-0.2, 0) is 13.6 Å². The number of nitrogens with zero attached hydrogens (tertiary/aromatic N) is 3. The predicted molar refractivity (Wildman–Crippen MR) is 63.9 cm³/mol. The SMILES string of the molecule is Cn1cc(CNC2CCCCC2(C)C)nn1. The average Bonchev–Trinajstić information content (AvgIpc) is 2.62. The maximum Gasteiger partial charge on any atom is 0.0964 e. The molecule has 4 nitrogen and oxygen atoms in total. The molecule has 2 rings (SSSR count). The minimum atomic E-state index is 0.417. The van der Waals surface area contributed by atoms with Crippen LogP contribution in [0.5, 0.6) is 0 Å². The fourth-order valence-corrected chi connectivity index (χ4v) is 2.58. The van der Waals surface area contributed by atoms with Crippen molar-refractivity contribution in [2.75, 3.05) is 0 Å². The lowest BCUT2D eigenvalue weighted by molar-refractivity contribution is 0.166. The van der Waals surface area contributed by atoms with E-state index >= 15 is 0 Å². The van der Waals surface area contributed by atoms with E-state index in [0.717, 1.165) is 12.2 Å². The van der Waals surface area contributed by atoms with Crippen LogP contribution in [0.3, 0.4) is 0 Å². The number of hydrogen-bond donors (Lipinski definition) is 1. The zero-order valence-corrected chi connectivity index (χ0v) is 10.5. The van der Waals surface area contributed by atoms with Crippen molar-refractivity contribution in [3.63, 3.8) is 0 Å².